The second kappa shape index (κ2) is 6.02. The number of hydrogen-bond acceptors (Lipinski definition) is 3. The Morgan fingerprint density at radius 2 is 2.00 bits per heavy atom. The Morgan fingerprint density at radius 3 is 2.41 bits per heavy atom. The van der Waals surface area contributed by atoms with E-state index in [1.807, 2.05) is 0 Å². The average Bonchev–Trinajstić information content (AvgIpc) is 2.21. The number of halogens is 2. The quantitative estimate of drug-likeness (QED) is 0.799. The van der Waals surface area contributed by atoms with Crippen LogP contribution in [0.3, 0.4) is 0 Å². The predicted octanol–water partition coefficient (Wildman–Crippen LogP) is 1.39. The summed E-state index contributed by atoms with van der Waals surface area (Å²) in [5, 5.41) is 2.55. The summed E-state index contributed by atoms with van der Waals surface area (Å²) in [5.41, 5.74) is 5.16. The number of thiocarbonyl (C=S) groups is 1. The molecule has 3 nitrogen and oxygen atoms in total. The molecular formula is C10H12F2N2OS2. The minimum Gasteiger partial charge on any atom is -0.389 e. The Hall–Kier alpha value is -1.08. The zero-order chi connectivity index (χ0) is 13.0. The first-order valence-electron chi connectivity index (χ1n) is 4.74. The van der Waals surface area contributed by atoms with Crippen LogP contribution in [-0.2, 0) is 10.8 Å². The standard InChI is InChI=1S/C10H12F2N2OS2/c1-17(15)3-2-14-9-7(11)4-6(10(13)16)5-8(9)12/h4-5,14H,2-3H2,1H3,(H2,13,16). The molecule has 0 saturated carbocycles. The molecule has 1 aromatic carbocycles. The maximum absolute atomic E-state index is 13.5. The molecule has 0 bridgehead atoms. The maximum atomic E-state index is 13.5. The van der Waals surface area contributed by atoms with Crippen molar-refractivity contribution in [1.29, 1.82) is 0 Å². The molecule has 7 heteroatoms. The fourth-order valence-electron chi connectivity index (χ4n) is 1.20. The normalized spacial score (nSPS) is 12.2. The Labute approximate surface area is 106 Å². The lowest BCUT2D eigenvalue weighted by Crippen LogP contribution is -2.14. The van der Waals surface area contributed by atoms with E-state index in [1.54, 1.807) is 0 Å². The molecule has 0 heterocycles. The van der Waals surface area contributed by atoms with E-state index in [2.05, 4.69) is 17.5 Å². The molecule has 3 N–H and O–H groups in total. The Balaban J connectivity index is 2.86. The first-order chi connectivity index (χ1) is 7.91. The van der Waals surface area contributed by atoms with Gasteiger partial charge >= 0.3 is 0 Å². The van der Waals surface area contributed by atoms with E-state index < -0.39 is 22.4 Å². The highest BCUT2D eigenvalue weighted by Crippen LogP contribution is 2.20. The van der Waals surface area contributed by atoms with Crippen molar-refractivity contribution in [2.24, 2.45) is 5.73 Å². The highest BCUT2D eigenvalue weighted by atomic mass is 32.2. The topological polar surface area (TPSA) is 55.1 Å². The third-order valence-corrected chi connectivity index (χ3v) is 3.03. The summed E-state index contributed by atoms with van der Waals surface area (Å²) in [6.45, 7) is 0.226. The van der Waals surface area contributed by atoms with Gasteiger partial charge in [0, 0.05) is 34.9 Å². The summed E-state index contributed by atoms with van der Waals surface area (Å²) in [5.74, 6) is -1.22. The van der Waals surface area contributed by atoms with Gasteiger partial charge in [-0.05, 0) is 12.1 Å². The molecule has 1 atom stereocenters. The van der Waals surface area contributed by atoms with Crippen LogP contribution in [0.5, 0.6) is 0 Å². The number of anilines is 1. The molecule has 0 radical (unpaired) electrons. The van der Waals surface area contributed by atoms with E-state index in [0.29, 0.717) is 5.75 Å². The summed E-state index contributed by atoms with van der Waals surface area (Å²) >= 11 is 4.63. The highest BCUT2D eigenvalue weighted by molar-refractivity contribution is 7.84. The van der Waals surface area contributed by atoms with Gasteiger partial charge in [-0.25, -0.2) is 8.78 Å². The van der Waals surface area contributed by atoms with Gasteiger partial charge in [-0.15, -0.1) is 0 Å². The number of rotatable bonds is 5. The smallest absolute Gasteiger partial charge is 0.150 e. The summed E-state index contributed by atoms with van der Waals surface area (Å²) in [4.78, 5) is -0.0657. The first-order valence-corrected chi connectivity index (χ1v) is 6.88. The number of benzene rings is 1. The van der Waals surface area contributed by atoms with Crippen LogP contribution in [0.15, 0.2) is 12.1 Å². The Bertz CT molecular complexity index is 443. The monoisotopic (exact) mass is 278 g/mol. The Morgan fingerprint density at radius 1 is 1.47 bits per heavy atom. The van der Waals surface area contributed by atoms with Crippen molar-refractivity contribution in [3.05, 3.63) is 29.3 Å². The van der Waals surface area contributed by atoms with Gasteiger partial charge in [0.15, 0.2) is 0 Å². The van der Waals surface area contributed by atoms with Gasteiger partial charge in [-0.2, -0.15) is 0 Å². The van der Waals surface area contributed by atoms with Crippen LogP contribution in [0, 0.1) is 11.6 Å². The molecular weight excluding hydrogens is 266 g/mol. The largest absolute Gasteiger partial charge is 0.389 e. The van der Waals surface area contributed by atoms with Crippen molar-refractivity contribution in [3.63, 3.8) is 0 Å². The van der Waals surface area contributed by atoms with Crippen molar-refractivity contribution in [1.82, 2.24) is 0 Å². The van der Waals surface area contributed by atoms with Gasteiger partial charge in [-0.1, -0.05) is 12.2 Å². The Kier molecular flexibility index (Phi) is 4.95. The molecule has 17 heavy (non-hydrogen) atoms. The summed E-state index contributed by atoms with van der Waals surface area (Å²) in [6.07, 6.45) is 1.52. The van der Waals surface area contributed by atoms with Gasteiger partial charge in [0.05, 0.1) is 0 Å². The van der Waals surface area contributed by atoms with E-state index in [1.165, 1.54) is 6.26 Å². The van der Waals surface area contributed by atoms with Crippen LogP contribution in [-0.4, -0.2) is 27.8 Å². The summed E-state index contributed by atoms with van der Waals surface area (Å²) < 4.78 is 37.8. The minimum absolute atomic E-state index is 0.0657. The molecule has 0 aliphatic rings. The molecule has 1 rings (SSSR count). The fourth-order valence-corrected chi connectivity index (χ4v) is 1.71. The van der Waals surface area contributed by atoms with E-state index in [-0.39, 0.29) is 22.8 Å². The molecule has 0 aliphatic carbocycles. The number of nitrogens with one attached hydrogen (secondary N) is 1. The lowest BCUT2D eigenvalue weighted by Gasteiger charge is -2.09. The van der Waals surface area contributed by atoms with Crippen LogP contribution >= 0.6 is 12.2 Å². The van der Waals surface area contributed by atoms with Crippen molar-refractivity contribution in [2.75, 3.05) is 23.9 Å². The van der Waals surface area contributed by atoms with Gasteiger partial charge in [0.25, 0.3) is 0 Å². The van der Waals surface area contributed by atoms with Crippen molar-refractivity contribution in [2.45, 2.75) is 0 Å². The lowest BCUT2D eigenvalue weighted by atomic mass is 10.2. The van der Waals surface area contributed by atoms with Crippen molar-refractivity contribution < 1.29 is 13.0 Å². The third kappa shape index (κ3) is 4.01. The second-order valence-corrected chi connectivity index (χ2v) is 5.38. The van der Waals surface area contributed by atoms with Crippen molar-refractivity contribution in [3.8, 4) is 0 Å². The van der Waals surface area contributed by atoms with Crippen LogP contribution in [0.1, 0.15) is 5.56 Å². The number of hydrogen-bond donors (Lipinski definition) is 2. The van der Waals surface area contributed by atoms with Crippen LogP contribution < -0.4 is 11.1 Å². The molecule has 1 aromatic rings. The molecule has 0 amide bonds. The predicted molar refractivity (Wildman–Crippen MR) is 69.7 cm³/mol. The van der Waals surface area contributed by atoms with Crippen LogP contribution in [0.25, 0.3) is 0 Å². The molecule has 0 spiro atoms. The fraction of sp³-hybridized carbons (Fsp3) is 0.300. The summed E-state index contributed by atoms with van der Waals surface area (Å²) in [6, 6.07) is 2.13. The van der Waals surface area contributed by atoms with E-state index >= 15 is 0 Å². The van der Waals surface area contributed by atoms with Gasteiger partial charge in [0.1, 0.15) is 22.3 Å². The maximum Gasteiger partial charge on any atom is 0.150 e. The van der Waals surface area contributed by atoms with Gasteiger partial charge in [0.2, 0.25) is 0 Å². The third-order valence-electron chi connectivity index (χ3n) is 2.02. The zero-order valence-electron chi connectivity index (χ0n) is 9.13. The van der Waals surface area contributed by atoms with Crippen LogP contribution in [0.4, 0.5) is 14.5 Å². The average molecular weight is 278 g/mol. The van der Waals surface area contributed by atoms with E-state index in [0.717, 1.165) is 12.1 Å². The second-order valence-electron chi connectivity index (χ2n) is 3.38. The number of nitrogens with two attached hydrogens (primary N) is 1. The molecule has 0 aliphatic heterocycles. The first kappa shape index (κ1) is 14.0. The molecule has 0 aromatic heterocycles. The minimum atomic E-state index is -1.01. The zero-order valence-corrected chi connectivity index (χ0v) is 10.8. The molecule has 94 valence electrons. The lowest BCUT2D eigenvalue weighted by molar-refractivity contribution is 0.588. The van der Waals surface area contributed by atoms with Gasteiger partial charge < -0.3 is 11.1 Å². The van der Waals surface area contributed by atoms with E-state index in [4.69, 9.17) is 5.73 Å². The van der Waals surface area contributed by atoms with Crippen LogP contribution in [0.2, 0.25) is 0 Å². The molecule has 0 saturated heterocycles. The molecule has 1 unspecified atom stereocenters. The van der Waals surface area contributed by atoms with Gasteiger partial charge in [-0.3, -0.25) is 4.21 Å². The highest BCUT2D eigenvalue weighted by Gasteiger charge is 2.11. The summed E-state index contributed by atoms with van der Waals surface area (Å²) in [7, 11) is -1.01. The molecule has 0 fully saturated rings. The van der Waals surface area contributed by atoms with E-state index in [9.17, 15) is 13.0 Å². The SMILES string of the molecule is CS(=O)CCNc1c(F)cc(C(N)=S)cc1F. The van der Waals surface area contributed by atoms with Crippen molar-refractivity contribution >= 4 is 33.7 Å².